The summed E-state index contributed by atoms with van der Waals surface area (Å²) in [5.41, 5.74) is 0.993. The van der Waals surface area contributed by atoms with E-state index in [1.165, 1.54) is 0 Å². The lowest BCUT2D eigenvalue weighted by molar-refractivity contribution is -0.134. The number of hydrogen-bond donors (Lipinski definition) is 0. The van der Waals surface area contributed by atoms with Crippen LogP contribution in [0.5, 0.6) is 0 Å². The second kappa shape index (κ2) is 10.9. The van der Waals surface area contributed by atoms with Gasteiger partial charge in [-0.3, -0.25) is 4.79 Å². The van der Waals surface area contributed by atoms with E-state index in [1.54, 1.807) is 24.3 Å². The second-order valence-corrected chi connectivity index (χ2v) is 14.9. The SMILES string of the molecule is N#CC1(CC(=O)[C@@H]2CC(F)(F)CC[C@H]2c2nc(CCC(F)(F)F)sc2-c2ccc(N3CCS(=O)(=O)CC3)cc2)CC1. The molecule has 0 radical (unpaired) electrons. The van der Waals surface area contributed by atoms with Crippen LogP contribution in [0.4, 0.5) is 27.6 Å². The van der Waals surface area contributed by atoms with Crippen molar-refractivity contribution in [1.82, 2.24) is 4.98 Å². The Labute approximate surface area is 239 Å². The number of Topliss-reactive ketones (excluding diaryl/α,β-unsaturated/α-hetero) is 1. The van der Waals surface area contributed by atoms with Gasteiger partial charge in [-0.05, 0) is 37.0 Å². The quantitative estimate of drug-likeness (QED) is 0.323. The number of carbonyl (C=O) groups is 1. The zero-order valence-electron chi connectivity index (χ0n) is 22.2. The molecule has 1 aliphatic heterocycles. The Morgan fingerprint density at radius 3 is 2.37 bits per heavy atom. The molecule has 222 valence electrons. The third kappa shape index (κ3) is 7.08. The standard InChI is InChI=1S/C28H30F5N3O3S2/c29-27(30)7-5-20(21(15-27)22(37)16-26(17-34)9-10-26)24-25(40-23(35-24)6-8-28(31,32)33)18-1-3-19(4-2-18)36-11-13-41(38,39)14-12-36/h1-4,20-21H,5-16H2/t20-,21-/m1/s1. The number of nitriles is 1. The Hall–Kier alpha value is -2.59. The zero-order valence-corrected chi connectivity index (χ0v) is 23.9. The summed E-state index contributed by atoms with van der Waals surface area (Å²) in [6.45, 7) is 0.693. The highest BCUT2D eigenvalue weighted by Gasteiger charge is 2.51. The zero-order chi connectivity index (χ0) is 29.6. The number of benzene rings is 1. The third-order valence-corrected chi connectivity index (χ3v) is 11.1. The molecule has 41 heavy (non-hydrogen) atoms. The van der Waals surface area contributed by atoms with E-state index < -0.39 is 64.2 Å². The first-order chi connectivity index (χ1) is 19.2. The highest BCUT2D eigenvalue weighted by molar-refractivity contribution is 7.91. The minimum Gasteiger partial charge on any atom is -0.369 e. The number of ketones is 1. The Morgan fingerprint density at radius 1 is 1.12 bits per heavy atom. The summed E-state index contributed by atoms with van der Waals surface area (Å²) in [5, 5.41) is 9.69. The molecule has 2 aliphatic carbocycles. The van der Waals surface area contributed by atoms with Crippen LogP contribution in [0.25, 0.3) is 10.4 Å². The molecule has 2 saturated carbocycles. The molecule has 0 unspecified atom stereocenters. The summed E-state index contributed by atoms with van der Waals surface area (Å²) >= 11 is 1.08. The van der Waals surface area contributed by atoms with Crippen LogP contribution in [-0.4, -0.2) is 55.9 Å². The lowest BCUT2D eigenvalue weighted by Crippen LogP contribution is -2.40. The van der Waals surface area contributed by atoms with Crippen molar-refractivity contribution in [1.29, 1.82) is 5.26 Å². The number of nitrogens with zero attached hydrogens (tertiary/aromatic N) is 3. The topological polar surface area (TPSA) is 91.1 Å². The van der Waals surface area contributed by atoms with Crippen molar-refractivity contribution in [3.8, 4) is 16.5 Å². The molecular formula is C28H30F5N3O3S2. The lowest BCUT2D eigenvalue weighted by atomic mass is 9.71. The van der Waals surface area contributed by atoms with Gasteiger partial charge in [0.05, 0.1) is 38.6 Å². The number of alkyl halides is 5. The number of carbonyl (C=O) groups excluding carboxylic acids is 1. The average Bonchev–Trinajstić information content (AvgIpc) is 3.55. The third-order valence-electron chi connectivity index (χ3n) is 8.35. The maximum Gasteiger partial charge on any atom is 0.389 e. The van der Waals surface area contributed by atoms with Gasteiger partial charge in [0.2, 0.25) is 5.92 Å². The molecular weight excluding hydrogens is 585 g/mol. The molecule has 2 aromatic rings. The molecule has 0 N–H and O–H groups in total. The average molecular weight is 616 g/mol. The van der Waals surface area contributed by atoms with Gasteiger partial charge in [0.1, 0.15) is 5.78 Å². The van der Waals surface area contributed by atoms with Crippen molar-refractivity contribution in [2.24, 2.45) is 11.3 Å². The molecule has 5 rings (SSSR count). The van der Waals surface area contributed by atoms with Crippen LogP contribution < -0.4 is 4.90 Å². The predicted molar refractivity (Wildman–Crippen MR) is 145 cm³/mol. The van der Waals surface area contributed by atoms with Crippen molar-refractivity contribution in [3.63, 3.8) is 0 Å². The molecule has 1 aromatic heterocycles. The summed E-state index contributed by atoms with van der Waals surface area (Å²) in [6, 6.07) is 9.28. The van der Waals surface area contributed by atoms with Crippen molar-refractivity contribution >= 4 is 32.6 Å². The molecule has 2 heterocycles. The van der Waals surface area contributed by atoms with E-state index in [2.05, 4.69) is 11.1 Å². The summed E-state index contributed by atoms with van der Waals surface area (Å²) < 4.78 is 91.8. The van der Waals surface area contributed by atoms with Crippen LogP contribution in [0.1, 0.15) is 61.6 Å². The summed E-state index contributed by atoms with van der Waals surface area (Å²) in [6.07, 6.45) is -6.03. The Balaban J connectivity index is 1.47. The van der Waals surface area contributed by atoms with E-state index in [-0.39, 0.29) is 35.8 Å². The maximum absolute atomic E-state index is 14.6. The molecule has 2 atom stereocenters. The normalized spacial score (nSPS) is 24.9. The van der Waals surface area contributed by atoms with Crippen molar-refractivity contribution in [2.45, 2.75) is 69.4 Å². The number of aromatic nitrogens is 1. The van der Waals surface area contributed by atoms with Crippen LogP contribution in [0.15, 0.2) is 24.3 Å². The first-order valence-corrected chi connectivity index (χ1v) is 16.3. The highest BCUT2D eigenvalue weighted by Crippen LogP contribution is 2.53. The maximum atomic E-state index is 14.6. The van der Waals surface area contributed by atoms with Gasteiger partial charge in [-0.2, -0.15) is 18.4 Å². The smallest absolute Gasteiger partial charge is 0.369 e. The van der Waals surface area contributed by atoms with Gasteiger partial charge in [0, 0.05) is 62.7 Å². The van der Waals surface area contributed by atoms with Gasteiger partial charge in [0.15, 0.2) is 9.84 Å². The fourth-order valence-corrected chi connectivity index (χ4v) is 8.07. The van der Waals surface area contributed by atoms with Gasteiger partial charge in [-0.1, -0.05) is 12.1 Å². The predicted octanol–water partition coefficient (Wildman–Crippen LogP) is 6.32. The second-order valence-electron chi connectivity index (χ2n) is 11.5. The van der Waals surface area contributed by atoms with E-state index in [9.17, 15) is 40.4 Å². The Kier molecular flexibility index (Phi) is 7.96. The molecule has 0 bridgehead atoms. The van der Waals surface area contributed by atoms with Crippen molar-refractivity contribution < 1.29 is 35.2 Å². The van der Waals surface area contributed by atoms with E-state index >= 15 is 0 Å². The van der Waals surface area contributed by atoms with Crippen LogP contribution in [0, 0.1) is 22.7 Å². The number of thiazole rings is 1. The van der Waals surface area contributed by atoms with E-state index in [0.29, 0.717) is 42.1 Å². The number of rotatable bonds is 8. The molecule has 6 nitrogen and oxygen atoms in total. The minimum absolute atomic E-state index is 0.0429. The van der Waals surface area contributed by atoms with Crippen LogP contribution in [0.2, 0.25) is 0 Å². The number of sulfone groups is 1. The molecule has 1 saturated heterocycles. The summed E-state index contributed by atoms with van der Waals surface area (Å²) in [5.74, 6) is -5.17. The van der Waals surface area contributed by atoms with Crippen LogP contribution in [0.3, 0.4) is 0 Å². The van der Waals surface area contributed by atoms with Crippen LogP contribution >= 0.6 is 11.3 Å². The fourth-order valence-electron chi connectivity index (χ4n) is 5.73. The lowest BCUT2D eigenvalue weighted by Gasteiger charge is -2.35. The van der Waals surface area contributed by atoms with Gasteiger partial charge < -0.3 is 4.90 Å². The summed E-state index contributed by atoms with van der Waals surface area (Å²) in [7, 11) is -3.06. The van der Waals surface area contributed by atoms with Gasteiger partial charge >= 0.3 is 6.18 Å². The molecule has 0 amide bonds. The molecule has 13 heteroatoms. The van der Waals surface area contributed by atoms with Gasteiger partial charge in [-0.15, -0.1) is 11.3 Å². The minimum atomic E-state index is -4.39. The summed E-state index contributed by atoms with van der Waals surface area (Å²) in [4.78, 5) is 20.4. The molecule has 0 spiro atoms. The highest BCUT2D eigenvalue weighted by atomic mass is 32.2. The Morgan fingerprint density at radius 2 is 1.78 bits per heavy atom. The fraction of sp³-hybridized carbons (Fsp3) is 0.607. The number of anilines is 1. The molecule has 1 aromatic carbocycles. The largest absolute Gasteiger partial charge is 0.389 e. The van der Waals surface area contributed by atoms with E-state index in [4.69, 9.17) is 0 Å². The van der Waals surface area contributed by atoms with Crippen LogP contribution in [-0.2, 0) is 21.1 Å². The van der Waals surface area contributed by atoms with Gasteiger partial charge in [0.25, 0.3) is 0 Å². The van der Waals surface area contributed by atoms with E-state index in [0.717, 1.165) is 17.0 Å². The molecule has 3 fully saturated rings. The number of hydrogen-bond acceptors (Lipinski definition) is 7. The first kappa shape index (κ1) is 29.9. The Bertz CT molecular complexity index is 1430. The van der Waals surface area contributed by atoms with Crippen molar-refractivity contribution in [2.75, 3.05) is 29.5 Å². The monoisotopic (exact) mass is 615 g/mol. The molecule has 3 aliphatic rings. The number of halogens is 5. The van der Waals surface area contributed by atoms with Gasteiger partial charge in [-0.25, -0.2) is 22.2 Å². The first-order valence-electron chi connectivity index (χ1n) is 13.6. The number of aryl methyl sites for hydroxylation is 1. The van der Waals surface area contributed by atoms with E-state index in [1.807, 2.05) is 4.90 Å². The van der Waals surface area contributed by atoms with Crippen molar-refractivity contribution in [3.05, 3.63) is 35.0 Å².